The monoisotopic (exact) mass is 284 g/mol. The van der Waals surface area contributed by atoms with Gasteiger partial charge in [-0.2, -0.15) is 5.10 Å². The molecule has 2 aromatic rings. The van der Waals surface area contributed by atoms with E-state index in [0.29, 0.717) is 18.0 Å². The third-order valence-corrected chi connectivity index (χ3v) is 4.32. The van der Waals surface area contributed by atoms with Gasteiger partial charge in [-0.25, -0.2) is 0 Å². The van der Waals surface area contributed by atoms with Crippen LogP contribution in [0.2, 0.25) is 0 Å². The topological polar surface area (TPSA) is 33.1 Å². The van der Waals surface area contributed by atoms with Crippen molar-refractivity contribution in [2.45, 2.75) is 25.9 Å². The third kappa shape index (κ3) is 2.95. The third-order valence-electron chi connectivity index (χ3n) is 4.32. The van der Waals surface area contributed by atoms with E-state index in [1.807, 2.05) is 17.9 Å². The molecule has 4 nitrogen and oxygen atoms in total. The Morgan fingerprint density at radius 3 is 2.57 bits per heavy atom. The molecule has 0 aliphatic carbocycles. The van der Waals surface area contributed by atoms with E-state index in [9.17, 15) is 0 Å². The second-order valence-electron chi connectivity index (χ2n) is 6.18. The molecule has 112 valence electrons. The molecule has 0 radical (unpaired) electrons. The molecular weight excluding hydrogens is 260 g/mol. The SMILES string of the molecule is CC(C)C1CNC(c2ccccc2)CN1c1ccn(C)n1. The van der Waals surface area contributed by atoms with Crippen molar-refractivity contribution in [3.05, 3.63) is 48.2 Å². The minimum Gasteiger partial charge on any atom is -0.349 e. The van der Waals surface area contributed by atoms with Gasteiger partial charge in [0.1, 0.15) is 0 Å². The first-order valence-corrected chi connectivity index (χ1v) is 7.70. The molecule has 1 aromatic heterocycles. The lowest BCUT2D eigenvalue weighted by Gasteiger charge is -2.42. The van der Waals surface area contributed by atoms with Gasteiger partial charge in [0.05, 0.1) is 0 Å². The summed E-state index contributed by atoms with van der Waals surface area (Å²) in [4.78, 5) is 2.46. The Kier molecular flexibility index (Phi) is 3.97. The van der Waals surface area contributed by atoms with Crippen molar-refractivity contribution in [3.8, 4) is 0 Å². The highest BCUT2D eigenvalue weighted by Crippen LogP contribution is 2.27. The molecule has 1 aromatic carbocycles. The smallest absolute Gasteiger partial charge is 0.150 e. The van der Waals surface area contributed by atoms with E-state index < -0.39 is 0 Å². The average molecular weight is 284 g/mol. The molecule has 21 heavy (non-hydrogen) atoms. The normalized spacial score (nSPS) is 22.8. The number of nitrogens with zero attached hydrogens (tertiary/aromatic N) is 3. The number of benzene rings is 1. The van der Waals surface area contributed by atoms with Crippen LogP contribution in [0.25, 0.3) is 0 Å². The number of anilines is 1. The second-order valence-corrected chi connectivity index (χ2v) is 6.18. The number of rotatable bonds is 3. The van der Waals surface area contributed by atoms with Crippen LogP contribution in [0.5, 0.6) is 0 Å². The molecule has 4 heteroatoms. The van der Waals surface area contributed by atoms with Crippen molar-refractivity contribution in [2.75, 3.05) is 18.0 Å². The van der Waals surface area contributed by atoms with Crippen molar-refractivity contribution in [3.63, 3.8) is 0 Å². The Labute approximate surface area is 126 Å². The maximum atomic E-state index is 4.61. The van der Waals surface area contributed by atoms with Crippen molar-refractivity contribution in [1.82, 2.24) is 15.1 Å². The summed E-state index contributed by atoms with van der Waals surface area (Å²) in [6.07, 6.45) is 2.02. The maximum Gasteiger partial charge on any atom is 0.150 e. The van der Waals surface area contributed by atoms with Crippen LogP contribution in [0, 0.1) is 5.92 Å². The van der Waals surface area contributed by atoms with Crippen molar-refractivity contribution < 1.29 is 0 Å². The van der Waals surface area contributed by atoms with Gasteiger partial charge >= 0.3 is 0 Å². The molecular formula is C17H24N4. The summed E-state index contributed by atoms with van der Waals surface area (Å²) in [7, 11) is 1.98. The summed E-state index contributed by atoms with van der Waals surface area (Å²) in [6, 6.07) is 13.6. The summed E-state index contributed by atoms with van der Waals surface area (Å²) >= 11 is 0. The summed E-state index contributed by atoms with van der Waals surface area (Å²) in [6.45, 7) is 6.52. The van der Waals surface area contributed by atoms with Crippen LogP contribution in [-0.4, -0.2) is 28.9 Å². The molecule has 0 bridgehead atoms. The molecule has 2 atom stereocenters. The van der Waals surface area contributed by atoms with Crippen LogP contribution in [0.15, 0.2) is 42.6 Å². The largest absolute Gasteiger partial charge is 0.349 e. The van der Waals surface area contributed by atoms with Crippen LogP contribution in [-0.2, 0) is 7.05 Å². The lowest BCUT2D eigenvalue weighted by Crippen LogP contribution is -2.55. The van der Waals surface area contributed by atoms with Crippen molar-refractivity contribution in [2.24, 2.45) is 13.0 Å². The van der Waals surface area contributed by atoms with Gasteiger partial charge in [0, 0.05) is 44.5 Å². The first-order valence-electron chi connectivity index (χ1n) is 7.70. The Hall–Kier alpha value is -1.81. The van der Waals surface area contributed by atoms with Crippen molar-refractivity contribution in [1.29, 1.82) is 0 Å². The van der Waals surface area contributed by atoms with E-state index in [1.165, 1.54) is 5.56 Å². The van der Waals surface area contributed by atoms with E-state index >= 15 is 0 Å². The van der Waals surface area contributed by atoms with Gasteiger partial charge in [-0.05, 0) is 11.5 Å². The average Bonchev–Trinajstić information content (AvgIpc) is 2.94. The number of piperazine rings is 1. The van der Waals surface area contributed by atoms with Gasteiger partial charge in [-0.15, -0.1) is 0 Å². The molecule has 2 heterocycles. The predicted molar refractivity (Wildman–Crippen MR) is 86.4 cm³/mol. The van der Waals surface area contributed by atoms with E-state index in [-0.39, 0.29) is 0 Å². The summed E-state index contributed by atoms with van der Waals surface area (Å²) in [5.41, 5.74) is 1.35. The first-order chi connectivity index (χ1) is 10.1. The Balaban J connectivity index is 1.85. The highest BCUT2D eigenvalue weighted by atomic mass is 15.4. The van der Waals surface area contributed by atoms with Crippen LogP contribution in [0.3, 0.4) is 0 Å². The van der Waals surface area contributed by atoms with Gasteiger partial charge in [0.25, 0.3) is 0 Å². The van der Waals surface area contributed by atoms with Gasteiger partial charge in [-0.3, -0.25) is 4.68 Å². The molecule has 1 N–H and O–H groups in total. The Bertz CT molecular complexity index is 575. The lowest BCUT2D eigenvalue weighted by atomic mass is 9.96. The molecule has 1 fully saturated rings. The summed E-state index contributed by atoms with van der Waals surface area (Å²) in [5.74, 6) is 1.68. The second kappa shape index (κ2) is 5.90. The Morgan fingerprint density at radius 1 is 1.19 bits per heavy atom. The minimum absolute atomic E-state index is 0.364. The fourth-order valence-corrected chi connectivity index (χ4v) is 3.09. The minimum atomic E-state index is 0.364. The van der Waals surface area contributed by atoms with Crippen LogP contribution >= 0.6 is 0 Å². The molecule has 0 spiro atoms. The fourth-order valence-electron chi connectivity index (χ4n) is 3.09. The van der Waals surface area contributed by atoms with Gasteiger partial charge in [0.15, 0.2) is 5.82 Å². The number of nitrogens with one attached hydrogen (secondary N) is 1. The van der Waals surface area contributed by atoms with Crippen molar-refractivity contribution >= 4 is 5.82 Å². The lowest BCUT2D eigenvalue weighted by molar-refractivity contribution is 0.339. The number of aromatic nitrogens is 2. The quantitative estimate of drug-likeness (QED) is 0.940. The predicted octanol–water partition coefficient (Wildman–Crippen LogP) is 2.60. The molecule has 1 saturated heterocycles. The number of hydrogen-bond donors (Lipinski definition) is 1. The van der Waals surface area contributed by atoms with E-state index in [4.69, 9.17) is 0 Å². The maximum absolute atomic E-state index is 4.61. The van der Waals surface area contributed by atoms with Crippen LogP contribution in [0.1, 0.15) is 25.5 Å². The molecule has 0 saturated carbocycles. The zero-order valence-corrected chi connectivity index (χ0v) is 13.0. The standard InChI is InChI=1S/C17H24N4/c1-13(2)16-11-18-15(14-7-5-4-6-8-14)12-21(16)17-9-10-20(3)19-17/h4-10,13,15-16,18H,11-12H2,1-3H3. The Morgan fingerprint density at radius 2 is 1.95 bits per heavy atom. The molecule has 2 unspecified atom stereocenters. The van der Waals surface area contributed by atoms with Gasteiger partial charge in [-0.1, -0.05) is 44.2 Å². The summed E-state index contributed by atoms with van der Waals surface area (Å²) < 4.78 is 1.88. The summed E-state index contributed by atoms with van der Waals surface area (Å²) in [5, 5.41) is 8.31. The van der Waals surface area contributed by atoms with Gasteiger partial charge < -0.3 is 10.2 Å². The molecule has 1 aliphatic heterocycles. The van der Waals surface area contributed by atoms with E-state index in [2.05, 4.69) is 65.6 Å². The highest BCUT2D eigenvalue weighted by molar-refractivity contribution is 5.41. The molecule has 1 aliphatic rings. The molecule has 0 amide bonds. The van der Waals surface area contributed by atoms with Gasteiger partial charge in [0.2, 0.25) is 0 Å². The number of aryl methyl sites for hydroxylation is 1. The van der Waals surface area contributed by atoms with E-state index in [1.54, 1.807) is 0 Å². The van der Waals surface area contributed by atoms with Crippen LogP contribution in [0.4, 0.5) is 5.82 Å². The first kappa shape index (κ1) is 14.1. The fraction of sp³-hybridized carbons (Fsp3) is 0.471. The van der Waals surface area contributed by atoms with Crippen LogP contribution < -0.4 is 10.2 Å². The molecule has 3 rings (SSSR count). The zero-order valence-electron chi connectivity index (χ0n) is 13.0. The number of hydrogen-bond acceptors (Lipinski definition) is 3. The van der Waals surface area contributed by atoms with E-state index in [0.717, 1.165) is 18.9 Å². The zero-order chi connectivity index (χ0) is 14.8. The highest BCUT2D eigenvalue weighted by Gasteiger charge is 2.31.